The molecule has 2 rings (SSSR count). The fraction of sp³-hybridized carbons (Fsp3) is 0.583. The van der Waals surface area contributed by atoms with E-state index in [1.165, 1.54) is 30.0 Å². The number of nitrogens with zero attached hydrogens (tertiary/aromatic N) is 3. The number of methoxy groups -OCH3 is 1. The van der Waals surface area contributed by atoms with Crippen molar-refractivity contribution in [3.8, 4) is 0 Å². The zero-order valence-corrected chi connectivity index (χ0v) is 12.6. The van der Waals surface area contributed by atoms with Crippen LogP contribution in [0.4, 0.5) is 5.69 Å². The van der Waals surface area contributed by atoms with Gasteiger partial charge in [-0.1, -0.05) is 0 Å². The minimum absolute atomic E-state index is 0.0729. The Morgan fingerprint density at radius 1 is 1.33 bits per heavy atom. The molecule has 0 atom stereocenters. The van der Waals surface area contributed by atoms with E-state index in [0.29, 0.717) is 0 Å². The van der Waals surface area contributed by atoms with Crippen LogP contribution in [0, 0.1) is 0 Å². The number of ether oxygens (including phenoxy) is 1. The van der Waals surface area contributed by atoms with Gasteiger partial charge in [0.2, 0.25) is 0 Å². The van der Waals surface area contributed by atoms with E-state index < -0.39 is 0 Å². The Hall–Kier alpha value is -1.13. The van der Waals surface area contributed by atoms with Crippen LogP contribution in [0.15, 0.2) is 10.3 Å². The summed E-state index contributed by atoms with van der Waals surface area (Å²) in [5.74, 6) is -0.253. The van der Waals surface area contributed by atoms with Crippen molar-refractivity contribution < 1.29 is 9.53 Å². The van der Waals surface area contributed by atoms with Crippen molar-refractivity contribution >= 4 is 26.2 Å². The van der Waals surface area contributed by atoms with E-state index in [4.69, 9.17) is 4.74 Å². The third-order valence-corrected chi connectivity index (χ3v) is 5.48. The standard InChI is InChI=1S/C12H17N3O2Se/c1-15(2)14-13-10-8-6-4-5-7-9(8)18-11(10)12(16)17-3/h4-7H2,1-3H3/b14-13+. The maximum absolute atomic E-state index is 11.8. The predicted octanol–water partition coefficient (Wildman–Crippen LogP) is 1.97. The van der Waals surface area contributed by atoms with Crippen LogP contribution in [-0.4, -0.2) is 46.7 Å². The van der Waals surface area contributed by atoms with E-state index in [9.17, 15) is 4.79 Å². The van der Waals surface area contributed by atoms with Crippen LogP contribution in [0.2, 0.25) is 0 Å². The molecule has 0 unspecified atom stereocenters. The number of esters is 1. The Balaban J connectivity index is 2.45. The van der Waals surface area contributed by atoms with Gasteiger partial charge in [-0.25, -0.2) is 0 Å². The van der Waals surface area contributed by atoms with Crippen LogP contribution in [0.25, 0.3) is 0 Å². The molecule has 0 aromatic carbocycles. The van der Waals surface area contributed by atoms with E-state index in [0.717, 1.165) is 23.0 Å². The first-order valence-electron chi connectivity index (χ1n) is 5.95. The molecular weight excluding hydrogens is 297 g/mol. The molecule has 1 heterocycles. The van der Waals surface area contributed by atoms with E-state index >= 15 is 0 Å². The second-order valence-corrected chi connectivity index (χ2v) is 6.74. The second kappa shape index (κ2) is 5.67. The molecule has 1 aliphatic rings. The van der Waals surface area contributed by atoms with Gasteiger partial charge >= 0.3 is 112 Å². The van der Waals surface area contributed by atoms with Gasteiger partial charge in [0, 0.05) is 0 Å². The molecule has 0 aliphatic heterocycles. The normalized spacial score (nSPS) is 14.6. The molecular formula is C12H17N3O2Se. The first kappa shape index (κ1) is 13.3. The number of rotatable bonds is 3. The summed E-state index contributed by atoms with van der Waals surface area (Å²) in [4.78, 5) is 11.8. The summed E-state index contributed by atoms with van der Waals surface area (Å²) < 4.78 is 6.98. The number of carbonyl (C=O) groups is 1. The molecule has 0 fully saturated rings. The zero-order valence-electron chi connectivity index (χ0n) is 10.9. The molecule has 0 spiro atoms. The van der Waals surface area contributed by atoms with E-state index in [-0.39, 0.29) is 20.5 Å². The van der Waals surface area contributed by atoms with Crippen molar-refractivity contribution in [1.29, 1.82) is 0 Å². The molecule has 1 aromatic heterocycles. The first-order valence-corrected chi connectivity index (χ1v) is 7.66. The maximum atomic E-state index is 11.8. The topological polar surface area (TPSA) is 54.3 Å². The molecule has 5 nitrogen and oxygen atoms in total. The van der Waals surface area contributed by atoms with Crippen molar-refractivity contribution in [2.75, 3.05) is 21.2 Å². The average Bonchev–Trinajstić information content (AvgIpc) is 2.74. The van der Waals surface area contributed by atoms with Gasteiger partial charge in [-0.2, -0.15) is 0 Å². The summed E-state index contributed by atoms with van der Waals surface area (Å²) >= 11 is 0.0729. The van der Waals surface area contributed by atoms with E-state index in [1.807, 2.05) is 14.1 Å². The molecule has 6 heteroatoms. The minimum atomic E-state index is -0.253. The molecule has 1 aromatic rings. The fourth-order valence-corrected chi connectivity index (χ4v) is 4.63. The summed E-state index contributed by atoms with van der Waals surface area (Å²) in [6.45, 7) is 0. The van der Waals surface area contributed by atoms with Gasteiger partial charge in [-0.3, -0.25) is 0 Å². The van der Waals surface area contributed by atoms with Crippen LogP contribution in [-0.2, 0) is 17.6 Å². The van der Waals surface area contributed by atoms with Gasteiger partial charge < -0.3 is 0 Å². The molecule has 1 aliphatic carbocycles. The van der Waals surface area contributed by atoms with Gasteiger partial charge in [0.15, 0.2) is 0 Å². The summed E-state index contributed by atoms with van der Waals surface area (Å²) in [6.07, 6.45) is 4.49. The monoisotopic (exact) mass is 315 g/mol. The summed E-state index contributed by atoms with van der Waals surface area (Å²) in [6, 6.07) is 0. The SMILES string of the molecule is COC(=O)c1[se]c2c(c1/N=N/N(C)C)CCCC2. The summed E-state index contributed by atoms with van der Waals surface area (Å²) in [5.41, 5.74) is 2.01. The number of aryl methyl sites for hydroxylation is 1. The second-order valence-electron chi connectivity index (χ2n) is 4.42. The van der Waals surface area contributed by atoms with Gasteiger partial charge in [-0.05, 0) is 0 Å². The number of hydrogen-bond acceptors (Lipinski definition) is 4. The Bertz CT molecular complexity index is 480. The van der Waals surface area contributed by atoms with Crippen LogP contribution < -0.4 is 0 Å². The Morgan fingerprint density at radius 2 is 2.06 bits per heavy atom. The molecule has 18 heavy (non-hydrogen) atoms. The van der Waals surface area contributed by atoms with E-state index in [2.05, 4.69) is 10.3 Å². The average molecular weight is 314 g/mol. The van der Waals surface area contributed by atoms with Gasteiger partial charge in [-0.15, -0.1) is 0 Å². The van der Waals surface area contributed by atoms with Crippen molar-refractivity contribution in [1.82, 2.24) is 5.01 Å². The Morgan fingerprint density at radius 3 is 2.72 bits per heavy atom. The van der Waals surface area contributed by atoms with Crippen LogP contribution >= 0.6 is 0 Å². The van der Waals surface area contributed by atoms with Crippen molar-refractivity contribution in [2.45, 2.75) is 25.7 Å². The summed E-state index contributed by atoms with van der Waals surface area (Å²) in [7, 11) is 5.06. The Kier molecular flexibility index (Phi) is 4.19. The zero-order chi connectivity index (χ0) is 13.1. The number of carbonyl (C=O) groups excluding carboxylic acids is 1. The molecule has 98 valence electrons. The molecule has 0 saturated heterocycles. The molecule has 0 amide bonds. The van der Waals surface area contributed by atoms with Crippen molar-refractivity contribution in [3.05, 3.63) is 14.4 Å². The third kappa shape index (κ3) is 2.65. The molecule has 0 N–H and O–H groups in total. The first-order chi connectivity index (χ1) is 8.63. The van der Waals surface area contributed by atoms with Gasteiger partial charge in [0.05, 0.1) is 0 Å². The molecule has 0 saturated carbocycles. The molecule has 0 radical (unpaired) electrons. The van der Waals surface area contributed by atoms with Crippen LogP contribution in [0.5, 0.6) is 0 Å². The van der Waals surface area contributed by atoms with Crippen molar-refractivity contribution in [3.63, 3.8) is 0 Å². The van der Waals surface area contributed by atoms with Crippen LogP contribution in [0.1, 0.15) is 32.1 Å². The van der Waals surface area contributed by atoms with Crippen molar-refractivity contribution in [2.24, 2.45) is 10.3 Å². The van der Waals surface area contributed by atoms with Crippen LogP contribution in [0.3, 0.4) is 0 Å². The molecule has 0 bridgehead atoms. The van der Waals surface area contributed by atoms with E-state index in [1.54, 1.807) is 5.01 Å². The Labute approximate surface area is 113 Å². The number of hydrogen-bond donors (Lipinski definition) is 0. The van der Waals surface area contributed by atoms with Gasteiger partial charge in [0.25, 0.3) is 0 Å². The van der Waals surface area contributed by atoms with Gasteiger partial charge in [0.1, 0.15) is 0 Å². The number of fused-ring (bicyclic) bond motifs is 1. The fourth-order valence-electron chi connectivity index (χ4n) is 2.02. The summed E-state index contributed by atoms with van der Waals surface area (Å²) in [5, 5.41) is 9.91. The predicted molar refractivity (Wildman–Crippen MR) is 69.6 cm³/mol. The third-order valence-electron chi connectivity index (χ3n) is 2.84. The quantitative estimate of drug-likeness (QED) is 0.371.